The van der Waals surface area contributed by atoms with Crippen LogP contribution < -0.4 is 5.32 Å². The molecular formula is C11H18N2O. The number of rotatable bonds is 5. The van der Waals surface area contributed by atoms with Crippen molar-refractivity contribution < 1.29 is 4.42 Å². The topological polar surface area (TPSA) is 38.1 Å². The average molecular weight is 194 g/mol. The van der Waals surface area contributed by atoms with E-state index < -0.39 is 0 Å². The molecule has 0 bridgehead atoms. The van der Waals surface area contributed by atoms with E-state index in [1.165, 1.54) is 12.8 Å². The predicted molar refractivity (Wildman–Crippen MR) is 54.9 cm³/mol. The van der Waals surface area contributed by atoms with Gasteiger partial charge in [-0.2, -0.15) is 0 Å². The fraction of sp³-hybridized carbons (Fsp3) is 0.727. The Balaban J connectivity index is 1.78. The molecule has 1 fully saturated rings. The molecule has 3 heteroatoms. The first-order chi connectivity index (χ1) is 6.79. The van der Waals surface area contributed by atoms with E-state index >= 15 is 0 Å². The number of nitrogens with zero attached hydrogens (tertiary/aromatic N) is 1. The van der Waals surface area contributed by atoms with Crippen molar-refractivity contribution in [3.63, 3.8) is 0 Å². The summed E-state index contributed by atoms with van der Waals surface area (Å²) in [5.74, 6) is 2.67. The minimum atomic E-state index is 0.604. The molecule has 0 saturated heterocycles. The number of oxazole rings is 1. The van der Waals surface area contributed by atoms with Crippen LogP contribution in [-0.4, -0.2) is 11.0 Å². The molecular weight excluding hydrogens is 176 g/mol. The number of aromatic nitrogens is 1. The summed E-state index contributed by atoms with van der Waals surface area (Å²) in [6.45, 7) is 5.07. The van der Waals surface area contributed by atoms with E-state index in [2.05, 4.69) is 24.1 Å². The van der Waals surface area contributed by atoms with Crippen LogP contribution in [0.25, 0.3) is 0 Å². The standard InChI is InChI=1S/C11H18N2O/c1-3-10-6-13-11(14-10)7-12-8(2)9-4-5-9/h6,8-9,12H,3-5,7H2,1-2H3. The van der Waals surface area contributed by atoms with Crippen molar-refractivity contribution in [3.8, 4) is 0 Å². The Bertz CT molecular complexity index is 291. The van der Waals surface area contributed by atoms with E-state index in [-0.39, 0.29) is 0 Å². The van der Waals surface area contributed by atoms with Gasteiger partial charge in [0.05, 0.1) is 12.7 Å². The maximum Gasteiger partial charge on any atom is 0.208 e. The third-order valence-corrected chi connectivity index (χ3v) is 2.85. The molecule has 0 radical (unpaired) electrons. The van der Waals surface area contributed by atoms with Crippen LogP contribution in [0.2, 0.25) is 0 Å². The van der Waals surface area contributed by atoms with Crippen LogP contribution in [0.5, 0.6) is 0 Å². The van der Waals surface area contributed by atoms with Crippen LogP contribution in [0, 0.1) is 5.92 Å². The Morgan fingerprint density at radius 1 is 1.64 bits per heavy atom. The summed E-state index contributed by atoms with van der Waals surface area (Å²) in [5, 5.41) is 3.44. The summed E-state index contributed by atoms with van der Waals surface area (Å²) in [6.07, 6.45) is 5.49. The first kappa shape index (κ1) is 9.71. The molecule has 1 aromatic heterocycles. The zero-order valence-electron chi connectivity index (χ0n) is 8.92. The van der Waals surface area contributed by atoms with Gasteiger partial charge < -0.3 is 9.73 Å². The molecule has 14 heavy (non-hydrogen) atoms. The van der Waals surface area contributed by atoms with Gasteiger partial charge in [0.25, 0.3) is 0 Å². The Morgan fingerprint density at radius 3 is 3.00 bits per heavy atom. The summed E-state index contributed by atoms with van der Waals surface area (Å²) < 4.78 is 5.51. The predicted octanol–water partition coefficient (Wildman–Crippen LogP) is 2.13. The highest BCUT2D eigenvalue weighted by atomic mass is 16.4. The van der Waals surface area contributed by atoms with Gasteiger partial charge in [0, 0.05) is 12.5 Å². The second-order valence-electron chi connectivity index (χ2n) is 4.08. The van der Waals surface area contributed by atoms with Gasteiger partial charge in [-0.3, -0.25) is 0 Å². The van der Waals surface area contributed by atoms with E-state index in [9.17, 15) is 0 Å². The second-order valence-corrected chi connectivity index (χ2v) is 4.08. The zero-order valence-corrected chi connectivity index (χ0v) is 8.92. The van der Waals surface area contributed by atoms with Crippen molar-refractivity contribution in [3.05, 3.63) is 17.8 Å². The minimum Gasteiger partial charge on any atom is -0.444 e. The Labute approximate surface area is 84.9 Å². The SMILES string of the molecule is CCc1cnc(CNC(C)C2CC2)o1. The summed E-state index contributed by atoms with van der Waals surface area (Å²) in [6, 6.07) is 0.604. The van der Waals surface area contributed by atoms with Gasteiger partial charge in [-0.15, -0.1) is 0 Å². The highest BCUT2D eigenvalue weighted by Gasteiger charge is 2.27. The van der Waals surface area contributed by atoms with Crippen molar-refractivity contribution in [2.45, 2.75) is 45.7 Å². The normalized spacial score (nSPS) is 18.4. The molecule has 3 nitrogen and oxygen atoms in total. The molecule has 0 aliphatic heterocycles. The quantitative estimate of drug-likeness (QED) is 0.780. The van der Waals surface area contributed by atoms with Gasteiger partial charge in [0.2, 0.25) is 5.89 Å². The van der Waals surface area contributed by atoms with Gasteiger partial charge in [-0.25, -0.2) is 4.98 Å². The highest BCUT2D eigenvalue weighted by Crippen LogP contribution is 2.32. The maximum absolute atomic E-state index is 5.51. The lowest BCUT2D eigenvalue weighted by Crippen LogP contribution is -2.27. The van der Waals surface area contributed by atoms with Gasteiger partial charge >= 0.3 is 0 Å². The van der Waals surface area contributed by atoms with Crippen LogP contribution in [0.4, 0.5) is 0 Å². The van der Waals surface area contributed by atoms with Crippen molar-refractivity contribution in [1.82, 2.24) is 10.3 Å². The van der Waals surface area contributed by atoms with Crippen molar-refractivity contribution in [2.75, 3.05) is 0 Å². The molecule has 0 spiro atoms. The van der Waals surface area contributed by atoms with E-state index in [0.717, 1.165) is 30.5 Å². The van der Waals surface area contributed by atoms with Gasteiger partial charge in [-0.1, -0.05) is 6.92 Å². The Hall–Kier alpha value is -0.830. The van der Waals surface area contributed by atoms with E-state index in [0.29, 0.717) is 6.04 Å². The Morgan fingerprint density at radius 2 is 2.43 bits per heavy atom. The summed E-state index contributed by atoms with van der Waals surface area (Å²) in [5.41, 5.74) is 0. The first-order valence-corrected chi connectivity index (χ1v) is 5.46. The van der Waals surface area contributed by atoms with Crippen molar-refractivity contribution >= 4 is 0 Å². The lowest BCUT2D eigenvalue weighted by molar-refractivity contribution is 0.408. The van der Waals surface area contributed by atoms with E-state index in [1.807, 2.05) is 6.20 Å². The average Bonchev–Trinajstić information content (AvgIpc) is 2.94. The molecule has 1 atom stereocenters. The zero-order chi connectivity index (χ0) is 9.97. The van der Waals surface area contributed by atoms with Crippen LogP contribution in [0.1, 0.15) is 38.3 Å². The first-order valence-electron chi connectivity index (χ1n) is 5.46. The fourth-order valence-electron chi connectivity index (χ4n) is 1.60. The summed E-state index contributed by atoms with van der Waals surface area (Å²) >= 11 is 0. The van der Waals surface area contributed by atoms with E-state index in [4.69, 9.17) is 4.42 Å². The fourth-order valence-corrected chi connectivity index (χ4v) is 1.60. The Kier molecular flexibility index (Phi) is 2.87. The van der Waals surface area contributed by atoms with Crippen LogP contribution in [0.15, 0.2) is 10.6 Å². The number of nitrogens with one attached hydrogen (secondary N) is 1. The van der Waals surface area contributed by atoms with Crippen molar-refractivity contribution in [2.24, 2.45) is 5.92 Å². The molecule has 78 valence electrons. The maximum atomic E-state index is 5.51. The number of aryl methyl sites for hydroxylation is 1. The van der Waals surface area contributed by atoms with Crippen LogP contribution in [0.3, 0.4) is 0 Å². The monoisotopic (exact) mass is 194 g/mol. The van der Waals surface area contributed by atoms with Crippen LogP contribution in [-0.2, 0) is 13.0 Å². The van der Waals surface area contributed by atoms with Crippen LogP contribution >= 0.6 is 0 Å². The lowest BCUT2D eigenvalue weighted by atomic mass is 10.2. The number of hydrogen-bond donors (Lipinski definition) is 1. The second kappa shape index (κ2) is 4.13. The molecule has 2 rings (SSSR count). The molecule has 1 aliphatic rings. The van der Waals surface area contributed by atoms with E-state index in [1.54, 1.807) is 0 Å². The third kappa shape index (κ3) is 2.35. The molecule has 1 unspecified atom stereocenters. The lowest BCUT2D eigenvalue weighted by Gasteiger charge is -2.09. The van der Waals surface area contributed by atoms with Gasteiger partial charge in [0.15, 0.2) is 0 Å². The number of hydrogen-bond acceptors (Lipinski definition) is 3. The van der Waals surface area contributed by atoms with Gasteiger partial charge in [0.1, 0.15) is 5.76 Å². The summed E-state index contributed by atoms with van der Waals surface area (Å²) in [4.78, 5) is 4.21. The minimum absolute atomic E-state index is 0.604. The molecule has 1 N–H and O–H groups in total. The largest absolute Gasteiger partial charge is 0.444 e. The summed E-state index contributed by atoms with van der Waals surface area (Å²) in [7, 11) is 0. The van der Waals surface area contributed by atoms with Crippen molar-refractivity contribution in [1.29, 1.82) is 0 Å². The molecule has 1 heterocycles. The molecule has 0 amide bonds. The van der Waals surface area contributed by atoms with Gasteiger partial charge in [-0.05, 0) is 25.7 Å². The molecule has 0 aromatic carbocycles. The molecule has 1 aliphatic carbocycles. The molecule has 1 saturated carbocycles. The highest BCUT2D eigenvalue weighted by molar-refractivity contribution is 4.94. The third-order valence-electron chi connectivity index (χ3n) is 2.85. The molecule has 1 aromatic rings. The smallest absolute Gasteiger partial charge is 0.208 e.